The predicted molar refractivity (Wildman–Crippen MR) is 72.8 cm³/mol. The first-order valence-corrected chi connectivity index (χ1v) is 6.75. The van der Waals surface area contributed by atoms with Gasteiger partial charge in [0, 0.05) is 45.9 Å². The molecule has 0 saturated carbocycles. The van der Waals surface area contributed by atoms with Crippen LogP contribution >= 0.6 is 15.9 Å². The molecule has 18 heavy (non-hydrogen) atoms. The summed E-state index contributed by atoms with van der Waals surface area (Å²) in [6.07, 6.45) is 8.49. The third-order valence-corrected chi connectivity index (χ3v) is 3.62. The van der Waals surface area contributed by atoms with E-state index in [-0.39, 0.29) is 6.04 Å². The van der Waals surface area contributed by atoms with E-state index in [1.165, 1.54) is 0 Å². The van der Waals surface area contributed by atoms with Gasteiger partial charge in [0.15, 0.2) is 5.82 Å². The van der Waals surface area contributed by atoms with Crippen molar-refractivity contribution in [2.45, 2.75) is 25.3 Å². The first-order chi connectivity index (χ1) is 8.74. The van der Waals surface area contributed by atoms with Crippen LogP contribution in [0.4, 0.5) is 0 Å². The van der Waals surface area contributed by atoms with Gasteiger partial charge in [-0.2, -0.15) is 0 Å². The van der Waals surface area contributed by atoms with Gasteiger partial charge in [0.05, 0.1) is 0 Å². The SMILES string of the molecule is NC1CCCc2nc(-c3cncc(Br)c3)ncc21. The number of nitrogens with two attached hydrogens (primary N) is 1. The fourth-order valence-electron chi connectivity index (χ4n) is 2.25. The summed E-state index contributed by atoms with van der Waals surface area (Å²) in [5, 5.41) is 0. The second kappa shape index (κ2) is 4.74. The van der Waals surface area contributed by atoms with Gasteiger partial charge in [-0.05, 0) is 41.3 Å². The average Bonchev–Trinajstić information content (AvgIpc) is 2.39. The Kier molecular flexibility index (Phi) is 3.09. The molecule has 4 nitrogen and oxygen atoms in total. The molecule has 0 fully saturated rings. The van der Waals surface area contributed by atoms with Crippen LogP contribution in [0.15, 0.2) is 29.1 Å². The average molecular weight is 305 g/mol. The lowest BCUT2D eigenvalue weighted by molar-refractivity contribution is 0.557. The Morgan fingerprint density at radius 3 is 3.00 bits per heavy atom. The van der Waals surface area contributed by atoms with Crippen molar-refractivity contribution in [2.75, 3.05) is 0 Å². The van der Waals surface area contributed by atoms with Gasteiger partial charge in [0.1, 0.15) is 0 Å². The molecule has 0 aromatic carbocycles. The number of rotatable bonds is 1. The highest BCUT2D eigenvalue weighted by Gasteiger charge is 2.19. The van der Waals surface area contributed by atoms with Crippen molar-refractivity contribution in [1.82, 2.24) is 15.0 Å². The molecule has 1 aliphatic carbocycles. The second-order valence-electron chi connectivity index (χ2n) is 4.49. The molecule has 1 unspecified atom stereocenters. The van der Waals surface area contributed by atoms with Crippen LogP contribution in [0.2, 0.25) is 0 Å². The topological polar surface area (TPSA) is 64.7 Å². The summed E-state index contributed by atoms with van der Waals surface area (Å²) >= 11 is 3.41. The molecule has 0 saturated heterocycles. The summed E-state index contributed by atoms with van der Waals surface area (Å²) in [4.78, 5) is 13.2. The molecule has 1 aliphatic rings. The Morgan fingerprint density at radius 1 is 1.28 bits per heavy atom. The molecule has 1 atom stereocenters. The third-order valence-electron chi connectivity index (χ3n) is 3.19. The molecule has 0 aliphatic heterocycles. The highest BCUT2D eigenvalue weighted by molar-refractivity contribution is 9.10. The van der Waals surface area contributed by atoms with Crippen LogP contribution in [0, 0.1) is 0 Å². The molecule has 0 spiro atoms. The van der Waals surface area contributed by atoms with Gasteiger partial charge in [-0.1, -0.05) is 0 Å². The fraction of sp³-hybridized carbons (Fsp3) is 0.308. The van der Waals surface area contributed by atoms with Crippen LogP contribution in [0.5, 0.6) is 0 Å². The van der Waals surface area contributed by atoms with E-state index in [0.717, 1.165) is 46.4 Å². The largest absolute Gasteiger partial charge is 0.324 e. The molecular formula is C13H13BrN4. The zero-order valence-corrected chi connectivity index (χ0v) is 11.4. The van der Waals surface area contributed by atoms with Crippen LogP contribution in [0.25, 0.3) is 11.4 Å². The summed E-state index contributed by atoms with van der Waals surface area (Å²) < 4.78 is 0.929. The third kappa shape index (κ3) is 2.15. The minimum atomic E-state index is 0.0865. The van der Waals surface area contributed by atoms with Crippen molar-refractivity contribution < 1.29 is 0 Å². The van der Waals surface area contributed by atoms with Crippen LogP contribution in [0.1, 0.15) is 30.1 Å². The lowest BCUT2D eigenvalue weighted by Crippen LogP contribution is -2.19. The van der Waals surface area contributed by atoms with Crippen LogP contribution < -0.4 is 5.73 Å². The number of aromatic nitrogens is 3. The number of halogens is 1. The Balaban J connectivity index is 2.04. The highest BCUT2D eigenvalue weighted by atomic mass is 79.9. The standard InChI is InChI=1S/C13H13BrN4/c14-9-4-8(5-16-6-9)13-17-7-10-11(15)2-1-3-12(10)18-13/h4-7,11H,1-3,15H2. The maximum absolute atomic E-state index is 6.06. The zero-order chi connectivity index (χ0) is 12.5. The van der Waals surface area contributed by atoms with E-state index in [1.54, 1.807) is 12.4 Å². The Bertz CT molecular complexity index is 585. The molecule has 2 aromatic rings. The molecule has 5 heteroatoms. The van der Waals surface area contributed by atoms with Gasteiger partial charge < -0.3 is 5.73 Å². The van der Waals surface area contributed by atoms with E-state index in [0.29, 0.717) is 0 Å². The first kappa shape index (κ1) is 11.7. The van der Waals surface area contributed by atoms with Crippen LogP contribution in [0.3, 0.4) is 0 Å². The van der Waals surface area contributed by atoms with Crippen molar-refractivity contribution in [3.63, 3.8) is 0 Å². The minimum Gasteiger partial charge on any atom is -0.324 e. The highest BCUT2D eigenvalue weighted by Crippen LogP contribution is 2.28. The zero-order valence-electron chi connectivity index (χ0n) is 9.81. The predicted octanol–water partition coefficient (Wildman–Crippen LogP) is 2.64. The number of hydrogen-bond donors (Lipinski definition) is 1. The molecule has 2 heterocycles. The summed E-state index contributed by atoms with van der Waals surface area (Å²) in [7, 11) is 0. The van der Waals surface area contributed by atoms with Crippen molar-refractivity contribution in [3.8, 4) is 11.4 Å². The van der Waals surface area contributed by atoms with Gasteiger partial charge in [-0.3, -0.25) is 4.98 Å². The summed E-state index contributed by atoms with van der Waals surface area (Å²) in [5.74, 6) is 0.719. The fourth-order valence-corrected chi connectivity index (χ4v) is 2.62. The van der Waals surface area contributed by atoms with Crippen molar-refractivity contribution in [1.29, 1.82) is 0 Å². The van der Waals surface area contributed by atoms with E-state index in [2.05, 4.69) is 30.9 Å². The number of hydrogen-bond acceptors (Lipinski definition) is 4. The number of pyridine rings is 1. The Morgan fingerprint density at radius 2 is 2.17 bits per heavy atom. The first-order valence-electron chi connectivity index (χ1n) is 5.96. The monoisotopic (exact) mass is 304 g/mol. The summed E-state index contributed by atoms with van der Waals surface area (Å²) in [6.45, 7) is 0. The van der Waals surface area contributed by atoms with Gasteiger partial charge >= 0.3 is 0 Å². The smallest absolute Gasteiger partial charge is 0.160 e. The number of nitrogens with zero attached hydrogens (tertiary/aromatic N) is 3. The van der Waals surface area contributed by atoms with E-state index in [1.807, 2.05) is 12.3 Å². The van der Waals surface area contributed by atoms with E-state index < -0.39 is 0 Å². The van der Waals surface area contributed by atoms with Gasteiger partial charge in [0.2, 0.25) is 0 Å². The Labute approximate surface area is 114 Å². The molecule has 0 bridgehead atoms. The van der Waals surface area contributed by atoms with Crippen LogP contribution in [-0.4, -0.2) is 15.0 Å². The van der Waals surface area contributed by atoms with Gasteiger partial charge in [-0.15, -0.1) is 0 Å². The second-order valence-corrected chi connectivity index (χ2v) is 5.40. The molecular weight excluding hydrogens is 292 g/mol. The quantitative estimate of drug-likeness (QED) is 0.879. The van der Waals surface area contributed by atoms with E-state index >= 15 is 0 Å². The number of aryl methyl sites for hydroxylation is 1. The van der Waals surface area contributed by atoms with Crippen molar-refractivity contribution in [2.24, 2.45) is 5.73 Å². The van der Waals surface area contributed by atoms with Crippen molar-refractivity contribution in [3.05, 3.63) is 40.4 Å². The Hall–Kier alpha value is -1.33. The maximum Gasteiger partial charge on any atom is 0.160 e. The molecule has 2 aromatic heterocycles. The maximum atomic E-state index is 6.06. The van der Waals surface area contributed by atoms with Crippen LogP contribution in [-0.2, 0) is 6.42 Å². The summed E-state index contributed by atoms with van der Waals surface area (Å²) in [6, 6.07) is 2.06. The summed E-state index contributed by atoms with van der Waals surface area (Å²) in [5.41, 5.74) is 9.15. The normalized spacial score (nSPS) is 18.4. The lowest BCUT2D eigenvalue weighted by Gasteiger charge is -2.20. The molecule has 92 valence electrons. The molecule has 0 radical (unpaired) electrons. The number of fused-ring (bicyclic) bond motifs is 1. The molecule has 2 N–H and O–H groups in total. The van der Waals surface area contributed by atoms with Crippen molar-refractivity contribution >= 4 is 15.9 Å². The lowest BCUT2D eigenvalue weighted by atomic mass is 9.93. The molecule has 3 rings (SSSR count). The van der Waals surface area contributed by atoms with Gasteiger partial charge in [-0.25, -0.2) is 9.97 Å². The minimum absolute atomic E-state index is 0.0865. The molecule has 0 amide bonds. The van der Waals surface area contributed by atoms with Gasteiger partial charge in [0.25, 0.3) is 0 Å². The van der Waals surface area contributed by atoms with E-state index in [9.17, 15) is 0 Å². The van der Waals surface area contributed by atoms with E-state index in [4.69, 9.17) is 5.73 Å².